The molecule has 0 atom stereocenters. The van der Waals surface area contributed by atoms with E-state index in [9.17, 15) is 26.4 Å². The monoisotopic (exact) mass is 469 g/mol. The largest absolute Gasteiger partial charge is 0.416 e. The molecular formula is C22H19ClF3NO3S. The Morgan fingerprint density at radius 2 is 1.74 bits per heavy atom. The van der Waals surface area contributed by atoms with Gasteiger partial charge in [0.1, 0.15) is 0 Å². The van der Waals surface area contributed by atoms with Gasteiger partial charge in [0.25, 0.3) is 0 Å². The lowest BCUT2D eigenvalue weighted by atomic mass is 10.1. The average Bonchev–Trinajstić information content (AvgIpc) is 3.23. The first-order valence-corrected chi connectivity index (χ1v) is 11.4. The van der Waals surface area contributed by atoms with Crippen LogP contribution in [0.25, 0.3) is 0 Å². The summed E-state index contributed by atoms with van der Waals surface area (Å²) in [4.78, 5) is 12.9. The van der Waals surface area contributed by atoms with Crippen LogP contribution >= 0.6 is 11.6 Å². The van der Waals surface area contributed by atoms with Crippen molar-refractivity contribution in [2.75, 3.05) is 6.54 Å². The normalized spacial score (nSPS) is 15.7. The second-order valence-corrected chi connectivity index (χ2v) is 9.92. The number of carbonyl (C=O) groups excluding carboxylic acids is 1. The first-order valence-electron chi connectivity index (χ1n) is 9.51. The van der Waals surface area contributed by atoms with E-state index in [2.05, 4.69) is 17.2 Å². The summed E-state index contributed by atoms with van der Waals surface area (Å²) in [5, 5.41) is 2.91. The highest BCUT2D eigenvalue weighted by Crippen LogP contribution is 2.41. The molecule has 2 aromatic rings. The summed E-state index contributed by atoms with van der Waals surface area (Å²) in [6, 6.07) is 10.2. The van der Waals surface area contributed by atoms with Gasteiger partial charge in [-0.15, -0.1) is 0 Å². The van der Waals surface area contributed by atoms with Crippen LogP contribution in [-0.2, 0) is 20.8 Å². The Balaban J connectivity index is 1.76. The van der Waals surface area contributed by atoms with Crippen LogP contribution in [0.4, 0.5) is 13.2 Å². The molecule has 0 spiro atoms. The van der Waals surface area contributed by atoms with E-state index in [-0.39, 0.29) is 29.8 Å². The van der Waals surface area contributed by atoms with Gasteiger partial charge < -0.3 is 5.32 Å². The number of hydrogen-bond donors (Lipinski definition) is 1. The number of hydrogen-bond acceptors (Lipinski definition) is 3. The predicted octanol–water partition coefficient (Wildman–Crippen LogP) is 4.61. The van der Waals surface area contributed by atoms with Gasteiger partial charge in [-0.25, -0.2) is 8.42 Å². The van der Waals surface area contributed by atoms with Crippen molar-refractivity contribution in [3.05, 3.63) is 64.7 Å². The summed E-state index contributed by atoms with van der Waals surface area (Å²) in [6.07, 6.45) is -2.92. The van der Waals surface area contributed by atoms with Gasteiger partial charge >= 0.3 is 6.18 Å². The van der Waals surface area contributed by atoms with Crippen molar-refractivity contribution in [2.45, 2.75) is 41.5 Å². The van der Waals surface area contributed by atoms with Gasteiger partial charge in [-0.3, -0.25) is 4.79 Å². The number of sulfone groups is 1. The summed E-state index contributed by atoms with van der Waals surface area (Å²) in [5.41, 5.74) is -0.671. The Morgan fingerprint density at radius 3 is 2.35 bits per heavy atom. The van der Waals surface area contributed by atoms with Crippen molar-refractivity contribution >= 4 is 27.3 Å². The molecule has 1 N–H and O–H groups in total. The van der Waals surface area contributed by atoms with Gasteiger partial charge in [0.15, 0.2) is 14.6 Å². The van der Waals surface area contributed by atoms with Crippen LogP contribution in [0, 0.1) is 11.8 Å². The minimum absolute atomic E-state index is 0.0176. The van der Waals surface area contributed by atoms with Crippen molar-refractivity contribution in [3.63, 3.8) is 0 Å². The molecule has 1 saturated carbocycles. The van der Waals surface area contributed by atoms with Gasteiger partial charge in [-0.05, 0) is 55.3 Å². The van der Waals surface area contributed by atoms with Gasteiger partial charge in [0, 0.05) is 10.6 Å². The Bertz CT molecular complexity index is 1130. The lowest BCUT2D eigenvalue weighted by Crippen LogP contribution is -2.50. The number of nitrogens with one attached hydrogen (secondary N) is 1. The molecule has 164 valence electrons. The summed E-state index contributed by atoms with van der Waals surface area (Å²) in [7, 11) is -3.97. The third-order valence-electron chi connectivity index (χ3n) is 5.22. The number of amides is 1. The molecule has 0 heterocycles. The topological polar surface area (TPSA) is 63.2 Å². The zero-order valence-electron chi connectivity index (χ0n) is 16.3. The first kappa shape index (κ1) is 23.2. The van der Waals surface area contributed by atoms with E-state index in [0.717, 1.165) is 12.1 Å². The average molecular weight is 470 g/mol. The summed E-state index contributed by atoms with van der Waals surface area (Å²) < 4.78 is 63.2. The second kappa shape index (κ2) is 8.93. The van der Waals surface area contributed by atoms with Gasteiger partial charge in [-0.1, -0.05) is 42.3 Å². The standard InChI is InChI=1S/C22H19ClF3NO3S/c23-18-8-10-19(11-9-18)31(29,30)21(12-1-2-13-21)20(28)27-14-4-6-16-5-3-7-17(15-16)22(24,25)26/h3,5,7-11,15H,1-2,12-14H2,(H,27,28). The molecule has 0 aliphatic heterocycles. The number of alkyl halides is 3. The van der Waals surface area contributed by atoms with Gasteiger partial charge in [-0.2, -0.15) is 13.2 Å². The molecular weight excluding hydrogens is 451 g/mol. The molecule has 31 heavy (non-hydrogen) atoms. The molecule has 3 rings (SSSR count). The van der Waals surface area contributed by atoms with Crippen molar-refractivity contribution in [1.82, 2.24) is 5.32 Å². The van der Waals surface area contributed by atoms with E-state index < -0.39 is 32.2 Å². The first-order chi connectivity index (χ1) is 14.6. The highest BCUT2D eigenvalue weighted by molar-refractivity contribution is 7.93. The number of rotatable bonds is 4. The number of benzene rings is 2. The van der Waals surface area contributed by atoms with Crippen molar-refractivity contribution < 1.29 is 26.4 Å². The fourth-order valence-electron chi connectivity index (χ4n) is 3.61. The maximum absolute atomic E-state index is 13.2. The van der Waals surface area contributed by atoms with Crippen molar-refractivity contribution in [2.24, 2.45) is 0 Å². The Morgan fingerprint density at radius 1 is 1.10 bits per heavy atom. The molecule has 1 amide bonds. The van der Waals surface area contributed by atoms with E-state index in [1.807, 2.05) is 0 Å². The van der Waals surface area contributed by atoms with Gasteiger partial charge in [0.05, 0.1) is 17.0 Å². The summed E-state index contributed by atoms with van der Waals surface area (Å²) in [6.45, 7) is -0.188. The van der Waals surface area contributed by atoms with Crippen LogP contribution in [0.5, 0.6) is 0 Å². The van der Waals surface area contributed by atoms with Crippen molar-refractivity contribution in [1.29, 1.82) is 0 Å². The molecule has 0 aromatic heterocycles. The van der Waals surface area contributed by atoms with Crippen LogP contribution in [0.15, 0.2) is 53.4 Å². The number of halogens is 4. The molecule has 2 aromatic carbocycles. The molecule has 1 fully saturated rings. The minimum Gasteiger partial charge on any atom is -0.344 e. The smallest absolute Gasteiger partial charge is 0.344 e. The quantitative estimate of drug-likeness (QED) is 0.665. The fraction of sp³-hybridized carbons (Fsp3) is 0.318. The molecule has 0 bridgehead atoms. The van der Waals surface area contributed by atoms with E-state index in [4.69, 9.17) is 11.6 Å². The Hall–Kier alpha value is -2.50. The second-order valence-electron chi connectivity index (χ2n) is 7.22. The third kappa shape index (κ3) is 4.89. The van der Waals surface area contributed by atoms with Crippen LogP contribution in [-0.4, -0.2) is 25.6 Å². The SMILES string of the molecule is O=C(NCC#Cc1cccc(C(F)(F)F)c1)C1(S(=O)(=O)c2ccc(Cl)cc2)CCCC1. The molecule has 4 nitrogen and oxygen atoms in total. The Labute approximate surface area is 183 Å². The van der Waals surface area contributed by atoms with Gasteiger partial charge in [0.2, 0.25) is 5.91 Å². The van der Waals surface area contributed by atoms with Crippen LogP contribution in [0.3, 0.4) is 0 Å². The molecule has 1 aliphatic carbocycles. The Kier molecular flexibility index (Phi) is 6.68. The molecule has 0 saturated heterocycles. The molecule has 0 unspecified atom stereocenters. The molecule has 9 heteroatoms. The summed E-state index contributed by atoms with van der Waals surface area (Å²) in [5.74, 6) is 4.50. The van der Waals surface area contributed by atoms with Crippen LogP contribution in [0.1, 0.15) is 36.8 Å². The van der Waals surface area contributed by atoms with E-state index in [1.54, 1.807) is 0 Å². The van der Waals surface area contributed by atoms with Crippen molar-refractivity contribution in [3.8, 4) is 11.8 Å². The summed E-state index contributed by atoms with van der Waals surface area (Å²) >= 11 is 5.84. The lowest BCUT2D eigenvalue weighted by Gasteiger charge is -2.27. The molecule has 0 radical (unpaired) electrons. The molecule has 1 aliphatic rings. The lowest BCUT2D eigenvalue weighted by molar-refractivity contribution is -0.137. The highest BCUT2D eigenvalue weighted by Gasteiger charge is 2.52. The fourth-order valence-corrected chi connectivity index (χ4v) is 5.82. The maximum atomic E-state index is 13.2. The van der Waals surface area contributed by atoms with Crippen LogP contribution < -0.4 is 5.32 Å². The zero-order chi connectivity index (χ0) is 22.7. The van der Waals surface area contributed by atoms with Crippen LogP contribution in [0.2, 0.25) is 5.02 Å². The highest BCUT2D eigenvalue weighted by atomic mass is 35.5. The minimum atomic E-state index is -4.48. The van der Waals surface area contributed by atoms with E-state index in [0.29, 0.717) is 17.9 Å². The third-order valence-corrected chi connectivity index (χ3v) is 7.99. The predicted molar refractivity (Wildman–Crippen MR) is 111 cm³/mol. The maximum Gasteiger partial charge on any atom is 0.416 e. The van der Waals surface area contributed by atoms with E-state index in [1.165, 1.54) is 36.4 Å². The van der Waals surface area contributed by atoms with E-state index >= 15 is 0 Å². The zero-order valence-corrected chi connectivity index (χ0v) is 17.9. The number of carbonyl (C=O) groups is 1.